The second-order valence-electron chi connectivity index (χ2n) is 9.24. The number of aliphatic carboxylic acids is 1. The highest BCUT2D eigenvalue weighted by Gasteiger charge is 2.34. The van der Waals surface area contributed by atoms with E-state index in [1.54, 1.807) is 13.8 Å². The molecule has 0 aliphatic carbocycles. The quantitative estimate of drug-likeness (QED) is 0.0884. The van der Waals surface area contributed by atoms with Crippen molar-refractivity contribution in [1.29, 1.82) is 0 Å². The maximum Gasteiger partial charge on any atom is 0.326 e. The fourth-order valence-corrected chi connectivity index (χ4v) is 3.83. The third kappa shape index (κ3) is 10.1. The molecule has 0 spiro atoms. The van der Waals surface area contributed by atoms with Gasteiger partial charge in [-0.05, 0) is 44.1 Å². The van der Waals surface area contributed by atoms with E-state index in [0.717, 1.165) is 13.0 Å². The molecule has 35 heavy (non-hydrogen) atoms. The molecule has 1 saturated heterocycles. The molecule has 0 saturated carbocycles. The largest absolute Gasteiger partial charge is 0.480 e. The van der Waals surface area contributed by atoms with Gasteiger partial charge in [0.1, 0.15) is 18.1 Å². The monoisotopic (exact) mass is 497 g/mol. The number of amides is 3. The molecule has 3 amide bonds. The number of nitrogens with one attached hydrogen (secondary N) is 4. The molecule has 1 rings (SSSR count). The number of carbonyl (C=O) groups excluding carboxylic acids is 3. The number of hydrogen-bond acceptors (Lipinski definition) is 6. The van der Waals surface area contributed by atoms with Gasteiger partial charge >= 0.3 is 5.97 Å². The van der Waals surface area contributed by atoms with Gasteiger partial charge in [0.2, 0.25) is 17.7 Å². The van der Waals surface area contributed by atoms with Gasteiger partial charge in [0.15, 0.2) is 5.96 Å². The molecule has 12 heteroatoms. The standard InChI is InChI=1S/C23H43N7O5/c1-5-13(3)17(21(33)30-18(22(34)35)14(4)6-2)29-20(32)16(10-8-12-27-23(24)25)28-19(31)15-9-7-11-26-15/h13-18,26H,5-12H2,1-4H3,(H,28,31)(H,29,32)(H,30,33)(H,34,35)(H4,24,25,27). The Morgan fingerprint density at radius 2 is 1.60 bits per heavy atom. The summed E-state index contributed by atoms with van der Waals surface area (Å²) in [4.78, 5) is 54.6. The predicted octanol–water partition coefficient (Wildman–Crippen LogP) is -0.577. The van der Waals surface area contributed by atoms with E-state index >= 15 is 0 Å². The Kier molecular flexibility index (Phi) is 13.1. The minimum atomic E-state index is -1.13. The van der Waals surface area contributed by atoms with Crippen LogP contribution in [-0.2, 0) is 19.2 Å². The van der Waals surface area contributed by atoms with Crippen molar-refractivity contribution in [3.63, 3.8) is 0 Å². The van der Waals surface area contributed by atoms with Crippen LogP contribution in [0.1, 0.15) is 66.2 Å². The first-order valence-electron chi connectivity index (χ1n) is 12.4. The minimum absolute atomic E-state index is 0.0620. The van der Waals surface area contributed by atoms with Gasteiger partial charge in [0, 0.05) is 6.54 Å². The summed E-state index contributed by atoms with van der Waals surface area (Å²) < 4.78 is 0. The highest BCUT2D eigenvalue weighted by molar-refractivity contribution is 5.94. The summed E-state index contributed by atoms with van der Waals surface area (Å²) in [6.45, 7) is 8.29. The Balaban J connectivity index is 3.00. The number of hydrogen-bond donors (Lipinski definition) is 7. The molecule has 0 aromatic carbocycles. The van der Waals surface area contributed by atoms with Gasteiger partial charge in [-0.15, -0.1) is 0 Å². The third-order valence-corrected chi connectivity index (χ3v) is 6.53. The zero-order chi connectivity index (χ0) is 26.5. The molecule has 6 unspecified atom stereocenters. The van der Waals surface area contributed by atoms with Crippen LogP contribution in [0.4, 0.5) is 0 Å². The molecule has 1 heterocycles. The van der Waals surface area contributed by atoms with Crippen LogP contribution in [0.2, 0.25) is 0 Å². The smallest absolute Gasteiger partial charge is 0.326 e. The van der Waals surface area contributed by atoms with Crippen LogP contribution in [0.3, 0.4) is 0 Å². The minimum Gasteiger partial charge on any atom is -0.480 e. The van der Waals surface area contributed by atoms with Crippen molar-refractivity contribution in [3.05, 3.63) is 0 Å². The first-order chi connectivity index (χ1) is 16.5. The Morgan fingerprint density at radius 3 is 2.11 bits per heavy atom. The molecule has 0 bridgehead atoms. The van der Waals surface area contributed by atoms with E-state index in [1.807, 2.05) is 13.8 Å². The van der Waals surface area contributed by atoms with Gasteiger partial charge in [-0.1, -0.05) is 40.5 Å². The molecule has 1 aliphatic heterocycles. The van der Waals surface area contributed by atoms with Gasteiger partial charge in [-0.2, -0.15) is 0 Å². The van der Waals surface area contributed by atoms with Crippen LogP contribution in [0, 0.1) is 11.8 Å². The van der Waals surface area contributed by atoms with E-state index in [-0.39, 0.29) is 42.7 Å². The lowest BCUT2D eigenvalue weighted by Gasteiger charge is -2.29. The van der Waals surface area contributed by atoms with Crippen LogP contribution < -0.4 is 32.7 Å². The van der Waals surface area contributed by atoms with E-state index in [4.69, 9.17) is 11.5 Å². The molecular weight excluding hydrogens is 454 g/mol. The number of guanidine groups is 1. The number of carbonyl (C=O) groups is 4. The molecule has 200 valence electrons. The lowest BCUT2D eigenvalue weighted by Crippen LogP contribution is -2.59. The average molecular weight is 498 g/mol. The van der Waals surface area contributed by atoms with Crippen molar-refractivity contribution in [2.45, 2.75) is 90.4 Å². The van der Waals surface area contributed by atoms with Gasteiger partial charge in [0.25, 0.3) is 0 Å². The summed E-state index contributed by atoms with van der Waals surface area (Å²) in [5, 5.41) is 20.8. The van der Waals surface area contributed by atoms with E-state index < -0.39 is 35.9 Å². The summed E-state index contributed by atoms with van der Waals surface area (Å²) in [5.41, 5.74) is 10.7. The van der Waals surface area contributed by atoms with E-state index in [9.17, 15) is 24.3 Å². The van der Waals surface area contributed by atoms with E-state index in [0.29, 0.717) is 25.7 Å². The van der Waals surface area contributed by atoms with Crippen molar-refractivity contribution in [2.24, 2.45) is 28.3 Å². The SMILES string of the molecule is CCC(C)C(NC(=O)C(NC(=O)C(CCCN=C(N)N)NC(=O)C1CCCN1)C(C)CC)C(=O)O. The van der Waals surface area contributed by atoms with E-state index in [1.165, 1.54) is 0 Å². The average Bonchev–Trinajstić information content (AvgIpc) is 3.36. The Bertz CT molecular complexity index is 751. The predicted molar refractivity (Wildman–Crippen MR) is 133 cm³/mol. The molecule has 0 radical (unpaired) electrons. The van der Waals surface area contributed by atoms with Gasteiger partial charge in [-0.25, -0.2) is 4.79 Å². The second kappa shape index (κ2) is 15.2. The van der Waals surface area contributed by atoms with Gasteiger partial charge in [0.05, 0.1) is 6.04 Å². The number of nitrogens with two attached hydrogens (primary N) is 2. The number of rotatable bonds is 15. The van der Waals surface area contributed by atoms with Crippen molar-refractivity contribution in [3.8, 4) is 0 Å². The van der Waals surface area contributed by atoms with Crippen molar-refractivity contribution < 1.29 is 24.3 Å². The van der Waals surface area contributed by atoms with Gasteiger partial charge < -0.3 is 37.8 Å². The third-order valence-electron chi connectivity index (χ3n) is 6.53. The molecule has 9 N–H and O–H groups in total. The zero-order valence-corrected chi connectivity index (χ0v) is 21.3. The van der Waals surface area contributed by atoms with Crippen molar-refractivity contribution in [2.75, 3.05) is 13.1 Å². The maximum atomic E-state index is 13.2. The van der Waals surface area contributed by atoms with Crippen LogP contribution in [-0.4, -0.2) is 72.0 Å². The summed E-state index contributed by atoms with van der Waals surface area (Å²) in [6.07, 6.45) is 3.39. The molecular formula is C23H43N7O5. The van der Waals surface area contributed by atoms with Crippen LogP contribution in [0.5, 0.6) is 0 Å². The Hall–Kier alpha value is -2.89. The van der Waals surface area contributed by atoms with E-state index in [2.05, 4.69) is 26.3 Å². The fraction of sp³-hybridized carbons (Fsp3) is 0.783. The summed E-state index contributed by atoms with van der Waals surface area (Å²) in [5.74, 6) is -3.10. The fourth-order valence-electron chi connectivity index (χ4n) is 3.83. The summed E-state index contributed by atoms with van der Waals surface area (Å²) >= 11 is 0. The normalized spacial score (nSPS) is 19.5. The summed E-state index contributed by atoms with van der Waals surface area (Å²) in [6, 6.07) is -3.30. The maximum absolute atomic E-state index is 13.2. The van der Waals surface area contributed by atoms with Crippen molar-refractivity contribution >= 4 is 29.7 Å². The highest BCUT2D eigenvalue weighted by Crippen LogP contribution is 2.13. The lowest BCUT2D eigenvalue weighted by atomic mass is 9.95. The molecule has 0 aromatic heterocycles. The van der Waals surface area contributed by atoms with Crippen LogP contribution >= 0.6 is 0 Å². The van der Waals surface area contributed by atoms with Crippen LogP contribution in [0.25, 0.3) is 0 Å². The van der Waals surface area contributed by atoms with Crippen molar-refractivity contribution in [1.82, 2.24) is 21.3 Å². The highest BCUT2D eigenvalue weighted by atomic mass is 16.4. The summed E-state index contributed by atoms with van der Waals surface area (Å²) in [7, 11) is 0. The van der Waals surface area contributed by atoms with Crippen LogP contribution in [0.15, 0.2) is 4.99 Å². The first-order valence-corrected chi connectivity index (χ1v) is 12.4. The molecule has 1 aliphatic rings. The van der Waals surface area contributed by atoms with Gasteiger partial charge in [-0.3, -0.25) is 19.4 Å². The number of carboxylic acids is 1. The molecule has 12 nitrogen and oxygen atoms in total. The first kappa shape index (κ1) is 30.1. The number of nitrogens with zero attached hydrogens (tertiary/aromatic N) is 1. The lowest BCUT2D eigenvalue weighted by molar-refractivity contribution is -0.144. The molecule has 6 atom stereocenters. The second-order valence-corrected chi connectivity index (χ2v) is 9.24. The Morgan fingerprint density at radius 1 is 1.00 bits per heavy atom. The molecule has 0 aromatic rings. The topological polar surface area (TPSA) is 201 Å². The Labute approximate surface area is 207 Å². The number of carboxylic acid groups (broad SMARTS) is 1. The number of aliphatic imine (C=N–C) groups is 1. The zero-order valence-electron chi connectivity index (χ0n) is 21.3. The molecule has 1 fully saturated rings.